The Hall–Kier alpha value is -1.93. The van der Waals surface area contributed by atoms with Crippen LogP contribution in [0.5, 0.6) is 0 Å². The Morgan fingerprint density at radius 1 is 1.73 bits per heavy atom. The van der Waals surface area contributed by atoms with Crippen LogP contribution < -0.4 is 11.1 Å². The maximum Gasteiger partial charge on any atom is 0.270 e. The summed E-state index contributed by atoms with van der Waals surface area (Å²) in [6.07, 6.45) is 1.36. The van der Waals surface area contributed by atoms with Crippen LogP contribution in [0.25, 0.3) is 0 Å². The predicted octanol–water partition coefficient (Wildman–Crippen LogP) is 0.0303. The highest BCUT2D eigenvalue weighted by atomic mass is 16.1. The van der Waals surface area contributed by atoms with E-state index in [0.29, 0.717) is 12.1 Å². The molecule has 0 saturated carbocycles. The fourth-order valence-electron chi connectivity index (χ4n) is 0.951. The van der Waals surface area contributed by atoms with E-state index >= 15 is 0 Å². The van der Waals surface area contributed by atoms with Crippen LogP contribution in [0.2, 0.25) is 0 Å². The van der Waals surface area contributed by atoms with Gasteiger partial charge in [-0.1, -0.05) is 0 Å². The number of nitrogens with two attached hydrogens (primary N) is 1. The number of nitrogens with zero attached hydrogens (tertiary/aromatic N) is 2. The molecular weight excluding hydrogens is 192 g/mol. The molecule has 0 aliphatic carbocycles. The first kappa shape index (κ1) is 11.1. The van der Waals surface area contributed by atoms with Crippen LogP contribution in [0.4, 0.5) is 0 Å². The van der Waals surface area contributed by atoms with Gasteiger partial charge in [-0.2, -0.15) is 5.26 Å². The lowest BCUT2D eigenvalue weighted by atomic mass is 10.2. The number of carbonyl (C=O) groups excluding carboxylic acids is 1. The molecule has 1 aromatic rings. The van der Waals surface area contributed by atoms with Gasteiger partial charge in [-0.05, 0) is 19.1 Å². The fraction of sp³-hybridized carbons (Fsp3) is 0.300. The van der Waals surface area contributed by atoms with Crippen molar-refractivity contribution in [3.8, 4) is 6.07 Å². The molecule has 78 valence electrons. The van der Waals surface area contributed by atoms with E-state index in [-0.39, 0.29) is 17.6 Å². The minimum absolute atomic E-state index is 0.0880. The number of carbonyl (C=O) groups is 1. The third kappa shape index (κ3) is 3.04. The van der Waals surface area contributed by atoms with Crippen molar-refractivity contribution in [2.75, 3.05) is 6.54 Å². The summed E-state index contributed by atoms with van der Waals surface area (Å²) < 4.78 is 0. The summed E-state index contributed by atoms with van der Waals surface area (Å²) in [5, 5.41) is 11.2. The van der Waals surface area contributed by atoms with E-state index in [9.17, 15) is 4.79 Å². The third-order valence-electron chi connectivity index (χ3n) is 1.86. The van der Waals surface area contributed by atoms with Crippen LogP contribution in [0.1, 0.15) is 23.0 Å². The molecule has 1 aromatic heterocycles. The molecule has 3 N–H and O–H groups in total. The molecular formula is C10H12N4O. The number of pyridine rings is 1. The molecule has 0 unspecified atom stereocenters. The van der Waals surface area contributed by atoms with Crippen LogP contribution >= 0.6 is 0 Å². The molecule has 1 amide bonds. The Morgan fingerprint density at radius 3 is 2.93 bits per heavy atom. The first-order chi connectivity index (χ1) is 7.17. The second-order valence-corrected chi connectivity index (χ2v) is 3.15. The fourth-order valence-corrected chi connectivity index (χ4v) is 0.951. The van der Waals surface area contributed by atoms with Crippen molar-refractivity contribution in [2.45, 2.75) is 13.0 Å². The number of nitriles is 1. The summed E-state index contributed by atoms with van der Waals surface area (Å²) >= 11 is 0. The normalized spacial score (nSPS) is 11.5. The molecule has 0 radical (unpaired) electrons. The van der Waals surface area contributed by atoms with Gasteiger partial charge in [0.25, 0.3) is 5.91 Å². The smallest absolute Gasteiger partial charge is 0.270 e. The summed E-state index contributed by atoms with van der Waals surface area (Å²) in [6, 6.07) is 4.90. The minimum Gasteiger partial charge on any atom is -0.347 e. The Kier molecular flexibility index (Phi) is 3.77. The maximum absolute atomic E-state index is 11.5. The van der Waals surface area contributed by atoms with Crippen molar-refractivity contribution in [3.63, 3.8) is 0 Å². The monoisotopic (exact) mass is 204 g/mol. The number of nitrogens with one attached hydrogen (secondary N) is 1. The van der Waals surface area contributed by atoms with Gasteiger partial charge in [-0.15, -0.1) is 0 Å². The van der Waals surface area contributed by atoms with Crippen molar-refractivity contribution in [2.24, 2.45) is 5.73 Å². The minimum atomic E-state index is -0.280. The van der Waals surface area contributed by atoms with Gasteiger partial charge in [0, 0.05) is 18.8 Å². The molecule has 0 saturated heterocycles. The zero-order valence-corrected chi connectivity index (χ0v) is 8.40. The molecule has 15 heavy (non-hydrogen) atoms. The van der Waals surface area contributed by atoms with Gasteiger partial charge in [0.1, 0.15) is 11.8 Å². The van der Waals surface area contributed by atoms with Gasteiger partial charge in [0.15, 0.2) is 0 Å². The zero-order valence-electron chi connectivity index (χ0n) is 8.40. The van der Waals surface area contributed by atoms with Crippen molar-refractivity contribution >= 4 is 5.91 Å². The Morgan fingerprint density at radius 2 is 2.47 bits per heavy atom. The molecule has 0 spiro atoms. The average Bonchev–Trinajstić information content (AvgIpc) is 2.29. The van der Waals surface area contributed by atoms with Crippen LogP contribution in [0.15, 0.2) is 18.3 Å². The first-order valence-corrected chi connectivity index (χ1v) is 4.54. The number of hydrogen-bond donors (Lipinski definition) is 2. The SMILES string of the molecule is C[C@H](CN)NC(=O)c1ccc(C#N)cn1. The molecule has 1 atom stereocenters. The lowest BCUT2D eigenvalue weighted by Gasteiger charge is -2.10. The van der Waals surface area contributed by atoms with E-state index in [1.54, 1.807) is 6.07 Å². The van der Waals surface area contributed by atoms with Gasteiger partial charge in [-0.3, -0.25) is 4.79 Å². The van der Waals surface area contributed by atoms with Gasteiger partial charge in [0.05, 0.1) is 5.56 Å². The lowest BCUT2D eigenvalue weighted by molar-refractivity contribution is 0.0936. The van der Waals surface area contributed by atoms with Gasteiger partial charge in [0.2, 0.25) is 0 Å². The molecule has 5 nitrogen and oxygen atoms in total. The van der Waals surface area contributed by atoms with Crippen molar-refractivity contribution in [1.29, 1.82) is 5.26 Å². The molecule has 0 aliphatic rings. The highest BCUT2D eigenvalue weighted by Gasteiger charge is 2.09. The number of hydrogen-bond acceptors (Lipinski definition) is 4. The molecule has 1 rings (SSSR count). The largest absolute Gasteiger partial charge is 0.347 e. The summed E-state index contributed by atoms with van der Waals surface area (Å²) in [4.78, 5) is 15.4. The third-order valence-corrected chi connectivity index (χ3v) is 1.86. The quantitative estimate of drug-likeness (QED) is 0.726. The molecule has 0 aromatic carbocycles. The van der Waals surface area contributed by atoms with Crippen LogP contribution in [-0.2, 0) is 0 Å². The summed E-state index contributed by atoms with van der Waals surface area (Å²) in [6.45, 7) is 2.18. The van der Waals surface area contributed by atoms with E-state index in [1.165, 1.54) is 12.3 Å². The summed E-state index contributed by atoms with van der Waals surface area (Å²) in [5.74, 6) is -0.280. The van der Waals surface area contributed by atoms with Gasteiger partial charge < -0.3 is 11.1 Å². The van der Waals surface area contributed by atoms with Crippen molar-refractivity contribution in [1.82, 2.24) is 10.3 Å². The molecule has 1 heterocycles. The van der Waals surface area contributed by atoms with Crippen molar-refractivity contribution in [3.05, 3.63) is 29.6 Å². The van der Waals surface area contributed by atoms with Crippen LogP contribution in [-0.4, -0.2) is 23.5 Å². The van der Waals surface area contributed by atoms with E-state index in [1.807, 2.05) is 13.0 Å². The molecule has 0 bridgehead atoms. The number of amides is 1. The molecule has 0 fully saturated rings. The summed E-state index contributed by atoms with van der Waals surface area (Å²) in [7, 11) is 0. The van der Waals surface area contributed by atoms with Crippen LogP contribution in [0.3, 0.4) is 0 Å². The zero-order chi connectivity index (χ0) is 11.3. The molecule has 5 heteroatoms. The Labute approximate surface area is 87.9 Å². The highest BCUT2D eigenvalue weighted by Crippen LogP contribution is 1.98. The standard InChI is InChI=1S/C10H12N4O/c1-7(4-11)14-10(15)9-3-2-8(5-12)6-13-9/h2-3,6-7H,4,11H2,1H3,(H,14,15)/t7-/m1/s1. The van der Waals surface area contributed by atoms with Gasteiger partial charge in [-0.25, -0.2) is 4.98 Å². The van der Waals surface area contributed by atoms with Gasteiger partial charge >= 0.3 is 0 Å². The van der Waals surface area contributed by atoms with E-state index in [4.69, 9.17) is 11.0 Å². The molecule has 0 aliphatic heterocycles. The van der Waals surface area contributed by atoms with Crippen molar-refractivity contribution < 1.29 is 4.79 Å². The predicted molar refractivity (Wildman–Crippen MR) is 54.9 cm³/mol. The average molecular weight is 204 g/mol. The topological polar surface area (TPSA) is 91.8 Å². The lowest BCUT2D eigenvalue weighted by Crippen LogP contribution is -2.38. The number of aromatic nitrogens is 1. The summed E-state index contributed by atoms with van der Waals surface area (Å²) in [5.41, 5.74) is 6.08. The van der Waals surface area contributed by atoms with E-state index in [0.717, 1.165) is 0 Å². The van der Waals surface area contributed by atoms with E-state index in [2.05, 4.69) is 10.3 Å². The highest BCUT2D eigenvalue weighted by molar-refractivity contribution is 5.92. The second kappa shape index (κ2) is 5.08. The second-order valence-electron chi connectivity index (χ2n) is 3.15. The number of rotatable bonds is 3. The van der Waals surface area contributed by atoms with E-state index < -0.39 is 0 Å². The van der Waals surface area contributed by atoms with Crippen LogP contribution in [0, 0.1) is 11.3 Å². The maximum atomic E-state index is 11.5. The Bertz CT molecular complexity index is 379. The first-order valence-electron chi connectivity index (χ1n) is 4.54. The Balaban J connectivity index is 2.71.